The maximum absolute atomic E-state index is 12.5. The molecule has 7 nitrogen and oxygen atoms in total. The van der Waals surface area contributed by atoms with E-state index in [1.165, 1.54) is 0 Å². The van der Waals surface area contributed by atoms with Gasteiger partial charge in [-0.05, 0) is 37.1 Å². The van der Waals surface area contributed by atoms with Gasteiger partial charge in [-0.2, -0.15) is 0 Å². The summed E-state index contributed by atoms with van der Waals surface area (Å²) < 4.78 is 16.8. The van der Waals surface area contributed by atoms with Crippen molar-refractivity contribution in [3.8, 4) is 22.8 Å². The molecule has 1 aliphatic heterocycles. The molecule has 1 amide bonds. The summed E-state index contributed by atoms with van der Waals surface area (Å²) >= 11 is 0. The van der Waals surface area contributed by atoms with Gasteiger partial charge in [0.15, 0.2) is 11.5 Å². The van der Waals surface area contributed by atoms with Crippen LogP contribution >= 0.6 is 0 Å². The Morgan fingerprint density at radius 2 is 1.81 bits per heavy atom. The Morgan fingerprint density at radius 1 is 1.12 bits per heavy atom. The van der Waals surface area contributed by atoms with Crippen LogP contribution in [0, 0.1) is 12.8 Å². The molecule has 26 heavy (non-hydrogen) atoms. The normalized spacial score (nSPS) is 14.2. The van der Waals surface area contributed by atoms with E-state index in [-0.39, 0.29) is 5.92 Å². The zero-order valence-electron chi connectivity index (χ0n) is 14.9. The van der Waals surface area contributed by atoms with Crippen molar-refractivity contribution < 1.29 is 28.6 Å². The van der Waals surface area contributed by atoms with Gasteiger partial charge in [-0.25, -0.2) is 4.79 Å². The lowest BCUT2D eigenvalue weighted by Crippen LogP contribution is -2.44. The smallest absolute Gasteiger partial charge is 0.326 e. The summed E-state index contributed by atoms with van der Waals surface area (Å²) in [5.41, 5.74) is 1.05. The summed E-state index contributed by atoms with van der Waals surface area (Å²) in [6.07, 6.45) is 0. The van der Waals surface area contributed by atoms with E-state index in [1.807, 2.05) is 6.07 Å². The number of nitrogens with one attached hydrogen (secondary N) is 1. The standard InChI is InChI=1S/C19H21NO6/c1-10(2)17(19(22)23)20-18(21)13-9-15(26-11(13)3)12-4-5-14-16(8-12)25-7-6-24-14/h4-5,8-10,17H,6-7H2,1-3H3,(H,20,21)(H,22,23). The molecule has 2 aromatic rings. The van der Waals surface area contributed by atoms with E-state index < -0.39 is 17.9 Å². The zero-order valence-corrected chi connectivity index (χ0v) is 14.9. The molecule has 1 unspecified atom stereocenters. The number of hydrogen-bond acceptors (Lipinski definition) is 5. The van der Waals surface area contributed by atoms with Gasteiger partial charge in [0, 0.05) is 5.56 Å². The van der Waals surface area contributed by atoms with Crippen molar-refractivity contribution >= 4 is 11.9 Å². The Labute approximate surface area is 150 Å². The monoisotopic (exact) mass is 359 g/mol. The first kappa shape index (κ1) is 17.8. The Kier molecular flexibility index (Phi) is 4.88. The first-order valence-corrected chi connectivity index (χ1v) is 8.41. The maximum atomic E-state index is 12.5. The molecule has 0 saturated carbocycles. The summed E-state index contributed by atoms with van der Waals surface area (Å²) in [6, 6.07) is 6.05. The number of furan rings is 1. The number of carbonyl (C=O) groups is 2. The molecule has 7 heteroatoms. The van der Waals surface area contributed by atoms with Crippen molar-refractivity contribution in [2.75, 3.05) is 13.2 Å². The molecule has 1 atom stereocenters. The molecule has 3 rings (SSSR count). The van der Waals surface area contributed by atoms with Gasteiger partial charge >= 0.3 is 5.97 Å². The molecule has 0 aliphatic carbocycles. The van der Waals surface area contributed by atoms with Gasteiger partial charge in [-0.1, -0.05) is 13.8 Å². The molecule has 1 aromatic carbocycles. The molecule has 0 bridgehead atoms. The molecule has 0 saturated heterocycles. The van der Waals surface area contributed by atoms with E-state index in [0.717, 1.165) is 5.56 Å². The van der Waals surface area contributed by atoms with Crippen molar-refractivity contribution in [2.24, 2.45) is 5.92 Å². The van der Waals surface area contributed by atoms with Crippen LogP contribution < -0.4 is 14.8 Å². The van der Waals surface area contributed by atoms with Crippen LogP contribution in [-0.2, 0) is 4.79 Å². The molecule has 1 aromatic heterocycles. The van der Waals surface area contributed by atoms with Crippen molar-refractivity contribution in [1.29, 1.82) is 0 Å². The molecule has 2 heterocycles. The van der Waals surface area contributed by atoms with Crippen LogP contribution in [0.2, 0.25) is 0 Å². The third-order valence-electron chi connectivity index (χ3n) is 4.21. The minimum absolute atomic E-state index is 0.235. The number of ether oxygens (including phenoxy) is 2. The van der Waals surface area contributed by atoms with E-state index in [0.29, 0.717) is 41.8 Å². The SMILES string of the molecule is Cc1oc(-c2ccc3c(c2)OCCO3)cc1C(=O)NC(C(=O)O)C(C)C. The van der Waals surface area contributed by atoms with E-state index in [9.17, 15) is 14.7 Å². The lowest BCUT2D eigenvalue weighted by molar-refractivity contribution is -0.140. The molecule has 2 N–H and O–H groups in total. The fraction of sp³-hybridized carbons (Fsp3) is 0.368. The largest absolute Gasteiger partial charge is 0.486 e. The molecule has 0 radical (unpaired) electrons. The van der Waals surface area contributed by atoms with Gasteiger partial charge in [0.05, 0.1) is 5.56 Å². The van der Waals surface area contributed by atoms with Crippen LogP contribution in [0.5, 0.6) is 11.5 Å². The van der Waals surface area contributed by atoms with Crippen LogP contribution in [-0.4, -0.2) is 36.2 Å². The van der Waals surface area contributed by atoms with Crippen molar-refractivity contribution in [1.82, 2.24) is 5.32 Å². The Balaban J connectivity index is 1.85. The first-order chi connectivity index (χ1) is 12.4. The number of carboxylic acid groups (broad SMARTS) is 1. The highest BCUT2D eigenvalue weighted by molar-refractivity contribution is 5.98. The van der Waals surface area contributed by atoms with Gasteiger partial charge in [-0.15, -0.1) is 0 Å². The maximum Gasteiger partial charge on any atom is 0.326 e. The number of amides is 1. The molecular formula is C19H21NO6. The molecule has 1 aliphatic rings. The number of aryl methyl sites for hydroxylation is 1. The van der Waals surface area contributed by atoms with Crippen LogP contribution in [0.4, 0.5) is 0 Å². The number of fused-ring (bicyclic) bond motifs is 1. The topological polar surface area (TPSA) is 98.0 Å². The van der Waals surface area contributed by atoms with Crippen LogP contribution in [0.15, 0.2) is 28.7 Å². The number of carbonyl (C=O) groups excluding carboxylic acids is 1. The summed E-state index contributed by atoms with van der Waals surface area (Å²) in [6.45, 7) is 6.13. The summed E-state index contributed by atoms with van der Waals surface area (Å²) in [7, 11) is 0. The molecule has 0 fully saturated rings. The highest BCUT2D eigenvalue weighted by atomic mass is 16.6. The van der Waals surface area contributed by atoms with Gasteiger partial charge in [0.25, 0.3) is 5.91 Å². The minimum Gasteiger partial charge on any atom is -0.486 e. The molecule has 0 spiro atoms. The van der Waals surface area contributed by atoms with E-state index >= 15 is 0 Å². The molecular weight excluding hydrogens is 338 g/mol. The number of rotatable bonds is 5. The van der Waals surface area contributed by atoms with E-state index in [4.69, 9.17) is 13.9 Å². The first-order valence-electron chi connectivity index (χ1n) is 8.41. The van der Waals surface area contributed by atoms with Crippen molar-refractivity contribution in [3.05, 3.63) is 35.6 Å². The quantitative estimate of drug-likeness (QED) is 0.852. The number of carboxylic acids is 1. The predicted octanol–water partition coefficient (Wildman–Crippen LogP) is 2.87. The highest BCUT2D eigenvalue weighted by Gasteiger charge is 2.26. The third kappa shape index (κ3) is 3.51. The second-order valence-electron chi connectivity index (χ2n) is 6.47. The van der Waals surface area contributed by atoms with Crippen molar-refractivity contribution in [3.63, 3.8) is 0 Å². The molecule has 138 valence electrons. The number of benzene rings is 1. The predicted molar refractivity (Wildman–Crippen MR) is 93.6 cm³/mol. The van der Waals surface area contributed by atoms with Gasteiger partial charge in [-0.3, -0.25) is 4.79 Å². The van der Waals surface area contributed by atoms with Gasteiger partial charge in [0.2, 0.25) is 0 Å². The average Bonchev–Trinajstić information content (AvgIpc) is 3.00. The van der Waals surface area contributed by atoms with Gasteiger partial charge in [0.1, 0.15) is 30.8 Å². The zero-order chi connectivity index (χ0) is 18.8. The van der Waals surface area contributed by atoms with Gasteiger partial charge < -0.3 is 24.3 Å². The second kappa shape index (κ2) is 7.11. The van der Waals surface area contributed by atoms with Crippen LogP contribution in [0.1, 0.15) is 30.0 Å². The Bertz CT molecular complexity index is 839. The average molecular weight is 359 g/mol. The van der Waals surface area contributed by atoms with Crippen LogP contribution in [0.3, 0.4) is 0 Å². The second-order valence-corrected chi connectivity index (χ2v) is 6.47. The summed E-state index contributed by atoms with van der Waals surface area (Å²) in [5, 5.41) is 11.8. The number of aliphatic carboxylic acids is 1. The fourth-order valence-electron chi connectivity index (χ4n) is 2.78. The van der Waals surface area contributed by atoms with E-state index in [2.05, 4.69) is 5.32 Å². The highest BCUT2D eigenvalue weighted by Crippen LogP contribution is 2.35. The number of hydrogen-bond donors (Lipinski definition) is 2. The summed E-state index contributed by atoms with van der Waals surface area (Å²) in [5.74, 6) is 0.432. The van der Waals surface area contributed by atoms with E-state index in [1.54, 1.807) is 39.0 Å². The van der Waals surface area contributed by atoms with Crippen LogP contribution in [0.25, 0.3) is 11.3 Å². The minimum atomic E-state index is -1.07. The fourth-order valence-corrected chi connectivity index (χ4v) is 2.78. The summed E-state index contributed by atoms with van der Waals surface area (Å²) in [4.78, 5) is 23.8. The Morgan fingerprint density at radius 3 is 2.46 bits per heavy atom. The Hall–Kier alpha value is -2.96. The lowest BCUT2D eigenvalue weighted by Gasteiger charge is -2.18. The lowest BCUT2D eigenvalue weighted by atomic mass is 10.0. The third-order valence-corrected chi connectivity index (χ3v) is 4.21. The van der Waals surface area contributed by atoms with Crippen molar-refractivity contribution in [2.45, 2.75) is 26.8 Å².